The molecule has 2 aromatic heterocycles. The first-order chi connectivity index (χ1) is 9.35. The number of H-pyrrole nitrogens is 1. The third-order valence-corrected chi connectivity index (χ3v) is 3.28. The summed E-state index contributed by atoms with van der Waals surface area (Å²) in [4.78, 5) is 31.4. The first kappa shape index (κ1) is 14.5. The first-order valence-electron chi connectivity index (χ1n) is 6.74. The van der Waals surface area contributed by atoms with E-state index >= 15 is 0 Å². The van der Waals surface area contributed by atoms with Crippen LogP contribution in [0.3, 0.4) is 0 Å². The topological polar surface area (TPSA) is 92.9 Å². The van der Waals surface area contributed by atoms with Crippen molar-refractivity contribution in [2.75, 3.05) is 0 Å². The number of nitrogens with one attached hydrogen (secondary N) is 1. The Morgan fingerprint density at radius 2 is 2.05 bits per heavy atom. The smallest absolute Gasteiger partial charge is 0.332 e. The minimum Gasteiger partial charge on any atom is -0.390 e. The van der Waals surface area contributed by atoms with Crippen LogP contribution in [-0.2, 0) is 13.1 Å². The molecule has 0 radical (unpaired) electrons. The van der Waals surface area contributed by atoms with E-state index in [0.29, 0.717) is 30.6 Å². The predicted octanol–water partition coefficient (Wildman–Crippen LogP) is 0.457. The molecule has 0 aliphatic carbocycles. The monoisotopic (exact) mass is 280 g/mol. The van der Waals surface area contributed by atoms with Gasteiger partial charge in [0.1, 0.15) is 5.52 Å². The van der Waals surface area contributed by atoms with Crippen molar-refractivity contribution in [2.24, 2.45) is 0 Å². The molecule has 0 amide bonds. The second-order valence-corrected chi connectivity index (χ2v) is 5.50. The van der Waals surface area contributed by atoms with E-state index in [1.165, 1.54) is 15.5 Å². The fourth-order valence-electron chi connectivity index (χ4n) is 2.26. The van der Waals surface area contributed by atoms with Gasteiger partial charge in [-0.1, -0.05) is 0 Å². The van der Waals surface area contributed by atoms with E-state index in [2.05, 4.69) is 9.97 Å². The van der Waals surface area contributed by atoms with Gasteiger partial charge >= 0.3 is 5.69 Å². The largest absolute Gasteiger partial charge is 0.390 e. The standard InChI is InChI=1S/C13H20N4O3/c1-4-16-10-9(14-8-15-10)11(18)17(12(16)19)7-5-6-13(2,3)20/h8,20H,4-7H2,1-3H3,(H,14,15). The molecule has 7 heteroatoms. The number of nitrogens with zero attached hydrogens (tertiary/aromatic N) is 3. The Bertz CT molecular complexity index is 718. The molecular weight excluding hydrogens is 260 g/mol. The quantitative estimate of drug-likeness (QED) is 0.832. The van der Waals surface area contributed by atoms with Gasteiger partial charge in [-0.25, -0.2) is 9.78 Å². The molecular formula is C13H20N4O3. The average molecular weight is 280 g/mol. The van der Waals surface area contributed by atoms with Crippen molar-refractivity contribution in [2.45, 2.75) is 52.3 Å². The summed E-state index contributed by atoms with van der Waals surface area (Å²) in [5.41, 5.74) is -0.780. The van der Waals surface area contributed by atoms with E-state index < -0.39 is 5.60 Å². The Hall–Kier alpha value is -1.89. The molecule has 0 atom stereocenters. The molecule has 0 aromatic carbocycles. The van der Waals surface area contributed by atoms with Gasteiger partial charge in [0.05, 0.1) is 11.9 Å². The second-order valence-electron chi connectivity index (χ2n) is 5.50. The van der Waals surface area contributed by atoms with Gasteiger partial charge in [-0.15, -0.1) is 0 Å². The Kier molecular flexibility index (Phi) is 3.80. The van der Waals surface area contributed by atoms with Gasteiger partial charge in [0.2, 0.25) is 0 Å². The van der Waals surface area contributed by atoms with Gasteiger partial charge in [-0.2, -0.15) is 0 Å². The van der Waals surface area contributed by atoms with Crippen molar-refractivity contribution in [1.29, 1.82) is 0 Å². The van der Waals surface area contributed by atoms with E-state index in [9.17, 15) is 14.7 Å². The number of hydrogen-bond donors (Lipinski definition) is 2. The zero-order valence-corrected chi connectivity index (χ0v) is 12.0. The highest BCUT2D eigenvalue weighted by atomic mass is 16.3. The molecule has 110 valence electrons. The van der Waals surface area contributed by atoms with E-state index in [4.69, 9.17) is 0 Å². The summed E-state index contributed by atoms with van der Waals surface area (Å²) in [6.07, 6.45) is 2.49. The van der Waals surface area contributed by atoms with Crippen molar-refractivity contribution in [3.8, 4) is 0 Å². The molecule has 7 nitrogen and oxygen atoms in total. The third-order valence-electron chi connectivity index (χ3n) is 3.28. The van der Waals surface area contributed by atoms with Gasteiger partial charge in [0, 0.05) is 13.1 Å². The van der Waals surface area contributed by atoms with Crippen LogP contribution in [0.5, 0.6) is 0 Å². The number of fused-ring (bicyclic) bond motifs is 1. The predicted molar refractivity (Wildman–Crippen MR) is 75.8 cm³/mol. The highest BCUT2D eigenvalue weighted by Crippen LogP contribution is 2.10. The Morgan fingerprint density at radius 1 is 1.35 bits per heavy atom. The number of imidazole rings is 1. The molecule has 2 aromatic rings. The number of aliphatic hydroxyl groups is 1. The summed E-state index contributed by atoms with van der Waals surface area (Å²) in [7, 11) is 0. The van der Waals surface area contributed by atoms with Crippen LogP contribution in [0.15, 0.2) is 15.9 Å². The van der Waals surface area contributed by atoms with Crippen molar-refractivity contribution < 1.29 is 5.11 Å². The average Bonchev–Trinajstić information content (AvgIpc) is 2.82. The fourth-order valence-corrected chi connectivity index (χ4v) is 2.26. The summed E-state index contributed by atoms with van der Waals surface area (Å²) in [5, 5.41) is 9.69. The zero-order valence-electron chi connectivity index (χ0n) is 12.0. The van der Waals surface area contributed by atoms with E-state index in [1.807, 2.05) is 6.92 Å². The SMILES string of the molecule is CCn1c(=O)n(CCCC(C)(C)O)c(=O)c2[nH]cnc21. The van der Waals surface area contributed by atoms with Gasteiger partial charge in [0.25, 0.3) is 5.56 Å². The molecule has 0 saturated carbocycles. The highest BCUT2D eigenvalue weighted by Gasteiger charge is 2.16. The van der Waals surface area contributed by atoms with Crippen molar-refractivity contribution in [3.63, 3.8) is 0 Å². The minimum atomic E-state index is -0.800. The van der Waals surface area contributed by atoms with Crippen LogP contribution in [-0.4, -0.2) is 29.8 Å². The highest BCUT2D eigenvalue weighted by molar-refractivity contribution is 5.68. The number of rotatable bonds is 5. The van der Waals surface area contributed by atoms with Gasteiger partial charge < -0.3 is 10.1 Å². The fraction of sp³-hybridized carbons (Fsp3) is 0.615. The van der Waals surface area contributed by atoms with Crippen molar-refractivity contribution in [3.05, 3.63) is 27.2 Å². The lowest BCUT2D eigenvalue weighted by molar-refractivity contribution is 0.0673. The first-order valence-corrected chi connectivity index (χ1v) is 6.74. The Labute approximate surface area is 115 Å². The molecule has 0 bridgehead atoms. The summed E-state index contributed by atoms with van der Waals surface area (Å²) in [5.74, 6) is 0. The van der Waals surface area contributed by atoms with Crippen LogP contribution in [0.1, 0.15) is 33.6 Å². The Balaban J connectivity index is 2.43. The van der Waals surface area contributed by atoms with Crippen molar-refractivity contribution in [1.82, 2.24) is 19.1 Å². The van der Waals surface area contributed by atoms with Crippen LogP contribution in [0.2, 0.25) is 0 Å². The summed E-state index contributed by atoms with van der Waals surface area (Å²) >= 11 is 0. The zero-order chi connectivity index (χ0) is 14.9. The minimum absolute atomic E-state index is 0.288. The molecule has 0 fully saturated rings. The maximum Gasteiger partial charge on any atom is 0.332 e. The van der Waals surface area contributed by atoms with E-state index in [-0.39, 0.29) is 17.8 Å². The summed E-state index contributed by atoms with van der Waals surface area (Å²) in [6, 6.07) is 0. The molecule has 0 spiro atoms. The van der Waals surface area contributed by atoms with Crippen LogP contribution in [0.4, 0.5) is 0 Å². The molecule has 0 aliphatic rings. The molecule has 2 rings (SSSR count). The summed E-state index contributed by atoms with van der Waals surface area (Å²) in [6.45, 7) is 5.99. The third kappa shape index (κ3) is 2.67. The Morgan fingerprint density at radius 3 is 2.65 bits per heavy atom. The maximum atomic E-state index is 12.3. The lowest BCUT2D eigenvalue weighted by Gasteiger charge is -2.17. The number of aryl methyl sites for hydroxylation is 1. The number of hydrogen-bond acceptors (Lipinski definition) is 4. The molecule has 0 aliphatic heterocycles. The van der Waals surface area contributed by atoms with E-state index in [0.717, 1.165) is 0 Å². The molecule has 2 heterocycles. The second kappa shape index (κ2) is 5.24. The van der Waals surface area contributed by atoms with Crippen LogP contribution < -0.4 is 11.2 Å². The molecule has 2 N–H and O–H groups in total. The molecule has 0 saturated heterocycles. The van der Waals surface area contributed by atoms with E-state index in [1.54, 1.807) is 13.8 Å². The number of aromatic amines is 1. The van der Waals surface area contributed by atoms with Gasteiger partial charge in [0.15, 0.2) is 5.65 Å². The van der Waals surface area contributed by atoms with Crippen LogP contribution >= 0.6 is 0 Å². The van der Waals surface area contributed by atoms with Crippen LogP contribution in [0.25, 0.3) is 11.2 Å². The van der Waals surface area contributed by atoms with Gasteiger partial charge in [-0.3, -0.25) is 13.9 Å². The maximum absolute atomic E-state index is 12.3. The lowest BCUT2D eigenvalue weighted by atomic mass is 10.0. The lowest BCUT2D eigenvalue weighted by Crippen LogP contribution is -2.40. The number of aromatic nitrogens is 4. The van der Waals surface area contributed by atoms with Crippen molar-refractivity contribution >= 4 is 11.2 Å². The summed E-state index contributed by atoms with van der Waals surface area (Å²) < 4.78 is 2.67. The van der Waals surface area contributed by atoms with Crippen LogP contribution in [0, 0.1) is 0 Å². The van der Waals surface area contributed by atoms with Gasteiger partial charge in [-0.05, 0) is 33.6 Å². The molecule has 0 unspecified atom stereocenters. The molecule has 20 heavy (non-hydrogen) atoms. The normalized spacial score (nSPS) is 12.2.